The van der Waals surface area contributed by atoms with Crippen molar-refractivity contribution in [2.75, 3.05) is 7.11 Å². The molecule has 0 saturated carbocycles. The Morgan fingerprint density at radius 3 is 2.79 bits per heavy atom. The summed E-state index contributed by atoms with van der Waals surface area (Å²) in [6.45, 7) is 0. The van der Waals surface area contributed by atoms with E-state index < -0.39 is 11.9 Å². The van der Waals surface area contributed by atoms with Crippen molar-refractivity contribution in [1.29, 1.82) is 0 Å². The third-order valence-electron chi connectivity index (χ3n) is 1.48. The lowest BCUT2D eigenvalue weighted by Gasteiger charge is -1.94. The molecule has 1 rings (SSSR count). The van der Waals surface area contributed by atoms with Crippen molar-refractivity contribution in [2.24, 2.45) is 0 Å². The number of H-pyrrole nitrogens is 1. The molecule has 1 aromatic heterocycles. The minimum Gasteiger partial charge on any atom is -0.481 e. The first-order chi connectivity index (χ1) is 6.56. The second-order valence-electron chi connectivity index (χ2n) is 2.43. The number of halogens is 1. The van der Waals surface area contributed by atoms with Crippen LogP contribution in [0.3, 0.4) is 0 Å². The molecule has 0 aromatic carbocycles. The number of carbonyl (C=O) groups is 2. The first kappa shape index (κ1) is 10.7. The maximum absolute atomic E-state index is 11.1. The highest BCUT2D eigenvalue weighted by Gasteiger charge is 2.19. The van der Waals surface area contributed by atoms with Gasteiger partial charge in [-0.2, -0.15) is 5.10 Å². The zero-order chi connectivity index (χ0) is 10.7. The zero-order valence-corrected chi connectivity index (χ0v) is 8.79. The standard InChI is InChI=1S/C7H7BrN2O4/c1-14-7(13)6-5(8)3(9-10-6)2-4(11)12/h2H2,1H3,(H,9,10)(H,11,12). The predicted octanol–water partition coefficient (Wildman–Crippen LogP) is 0.586. The smallest absolute Gasteiger partial charge is 0.359 e. The normalized spacial score (nSPS) is 9.86. The fraction of sp³-hybridized carbons (Fsp3) is 0.286. The van der Waals surface area contributed by atoms with Crippen molar-refractivity contribution in [3.63, 3.8) is 0 Å². The van der Waals surface area contributed by atoms with E-state index in [1.807, 2.05) is 0 Å². The van der Waals surface area contributed by atoms with Crippen molar-refractivity contribution < 1.29 is 19.4 Å². The molecular formula is C7H7BrN2O4. The molecule has 2 N–H and O–H groups in total. The average molecular weight is 263 g/mol. The van der Waals surface area contributed by atoms with E-state index in [1.165, 1.54) is 7.11 Å². The van der Waals surface area contributed by atoms with Gasteiger partial charge in [-0.15, -0.1) is 0 Å². The summed E-state index contributed by atoms with van der Waals surface area (Å²) in [4.78, 5) is 21.4. The van der Waals surface area contributed by atoms with Crippen molar-refractivity contribution in [2.45, 2.75) is 6.42 Å². The summed E-state index contributed by atoms with van der Waals surface area (Å²) in [6, 6.07) is 0. The van der Waals surface area contributed by atoms with Crippen molar-refractivity contribution in [3.8, 4) is 0 Å². The van der Waals surface area contributed by atoms with Crippen LogP contribution in [-0.4, -0.2) is 34.4 Å². The fourth-order valence-electron chi connectivity index (χ4n) is 0.865. The van der Waals surface area contributed by atoms with Crippen molar-refractivity contribution >= 4 is 27.9 Å². The van der Waals surface area contributed by atoms with Gasteiger partial charge in [-0.1, -0.05) is 0 Å². The molecule has 0 fully saturated rings. The maximum Gasteiger partial charge on any atom is 0.359 e. The van der Waals surface area contributed by atoms with Crippen LogP contribution >= 0.6 is 15.9 Å². The van der Waals surface area contributed by atoms with Crippen LogP contribution in [0.4, 0.5) is 0 Å². The number of aromatic nitrogens is 2. The van der Waals surface area contributed by atoms with Gasteiger partial charge in [0, 0.05) is 0 Å². The third-order valence-corrected chi connectivity index (χ3v) is 2.34. The molecule has 6 nitrogen and oxygen atoms in total. The number of esters is 1. The van der Waals surface area contributed by atoms with E-state index in [2.05, 4.69) is 30.9 Å². The van der Waals surface area contributed by atoms with Gasteiger partial charge in [-0.3, -0.25) is 9.89 Å². The first-order valence-electron chi connectivity index (χ1n) is 3.59. The van der Waals surface area contributed by atoms with Gasteiger partial charge in [0.25, 0.3) is 0 Å². The molecule has 0 radical (unpaired) electrons. The van der Waals surface area contributed by atoms with Crippen LogP contribution in [0, 0.1) is 0 Å². The first-order valence-corrected chi connectivity index (χ1v) is 4.38. The van der Waals surface area contributed by atoms with Crippen LogP contribution in [0.2, 0.25) is 0 Å². The molecular weight excluding hydrogens is 256 g/mol. The van der Waals surface area contributed by atoms with E-state index >= 15 is 0 Å². The van der Waals surface area contributed by atoms with Gasteiger partial charge in [0.2, 0.25) is 0 Å². The number of nitrogens with zero attached hydrogens (tertiary/aromatic N) is 1. The fourth-order valence-corrected chi connectivity index (χ4v) is 1.34. The molecule has 0 aliphatic carbocycles. The minimum absolute atomic E-state index is 0.0451. The topological polar surface area (TPSA) is 92.3 Å². The SMILES string of the molecule is COC(=O)c1n[nH]c(CC(=O)O)c1Br. The number of aromatic amines is 1. The van der Waals surface area contributed by atoms with Gasteiger partial charge in [-0.05, 0) is 15.9 Å². The van der Waals surface area contributed by atoms with E-state index in [1.54, 1.807) is 0 Å². The number of methoxy groups -OCH3 is 1. The van der Waals surface area contributed by atoms with Gasteiger partial charge in [0.15, 0.2) is 5.69 Å². The lowest BCUT2D eigenvalue weighted by Crippen LogP contribution is -2.03. The summed E-state index contributed by atoms with van der Waals surface area (Å²) in [5.74, 6) is -1.63. The highest BCUT2D eigenvalue weighted by Crippen LogP contribution is 2.20. The molecule has 7 heteroatoms. The number of carboxylic acid groups (broad SMARTS) is 1. The van der Waals surface area contributed by atoms with Crippen LogP contribution in [0.15, 0.2) is 4.47 Å². The van der Waals surface area contributed by atoms with Crippen LogP contribution < -0.4 is 0 Å². The molecule has 0 unspecified atom stereocenters. The molecule has 14 heavy (non-hydrogen) atoms. The summed E-state index contributed by atoms with van der Waals surface area (Å²) >= 11 is 3.06. The number of rotatable bonds is 3. The number of nitrogens with one attached hydrogen (secondary N) is 1. The highest BCUT2D eigenvalue weighted by molar-refractivity contribution is 9.10. The number of aliphatic carboxylic acids is 1. The largest absolute Gasteiger partial charge is 0.481 e. The van der Waals surface area contributed by atoms with E-state index in [4.69, 9.17) is 5.11 Å². The van der Waals surface area contributed by atoms with E-state index in [0.29, 0.717) is 10.2 Å². The third kappa shape index (κ3) is 2.11. The Bertz CT molecular complexity index is 374. The summed E-state index contributed by atoms with van der Waals surface area (Å²) in [7, 11) is 1.22. The second kappa shape index (κ2) is 4.23. The van der Waals surface area contributed by atoms with Gasteiger partial charge < -0.3 is 9.84 Å². The Morgan fingerprint density at radius 1 is 1.64 bits per heavy atom. The van der Waals surface area contributed by atoms with Crippen LogP contribution in [0.5, 0.6) is 0 Å². The molecule has 1 heterocycles. The number of hydrogen-bond donors (Lipinski definition) is 2. The lowest BCUT2D eigenvalue weighted by atomic mass is 10.3. The number of carbonyl (C=O) groups excluding carboxylic acids is 1. The van der Waals surface area contributed by atoms with Gasteiger partial charge >= 0.3 is 11.9 Å². The molecule has 76 valence electrons. The molecule has 0 saturated heterocycles. The monoisotopic (exact) mass is 262 g/mol. The van der Waals surface area contributed by atoms with E-state index in [-0.39, 0.29) is 12.1 Å². The van der Waals surface area contributed by atoms with Gasteiger partial charge in [-0.25, -0.2) is 4.79 Å². The Hall–Kier alpha value is -1.37. The maximum atomic E-state index is 11.1. The van der Waals surface area contributed by atoms with Crippen LogP contribution in [-0.2, 0) is 16.0 Å². The quantitative estimate of drug-likeness (QED) is 0.778. The van der Waals surface area contributed by atoms with Crippen LogP contribution in [0.25, 0.3) is 0 Å². The summed E-state index contributed by atoms with van der Waals surface area (Å²) in [5, 5.41) is 14.6. The van der Waals surface area contributed by atoms with Crippen LogP contribution in [0.1, 0.15) is 16.2 Å². The average Bonchev–Trinajstić information content (AvgIpc) is 2.46. The number of ether oxygens (including phenoxy) is 1. The van der Waals surface area contributed by atoms with Gasteiger partial charge in [0.05, 0.1) is 23.7 Å². The number of hydrogen-bond acceptors (Lipinski definition) is 4. The predicted molar refractivity (Wildman–Crippen MR) is 49.0 cm³/mol. The zero-order valence-electron chi connectivity index (χ0n) is 7.20. The van der Waals surface area contributed by atoms with E-state index in [0.717, 1.165) is 0 Å². The number of carboxylic acids is 1. The molecule has 0 aliphatic heterocycles. The summed E-state index contributed by atoms with van der Waals surface area (Å²) in [5.41, 5.74) is 0.377. The molecule has 0 bridgehead atoms. The van der Waals surface area contributed by atoms with Gasteiger partial charge in [0.1, 0.15) is 0 Å². The minimum atomic E-state index is -1.01. The lowest BCUT2D eigenvalue weighted by molar-refractivity contribution is -0.136. The molecule has 0 amide bonds. The van der Waals surface area contributed by atoms with Crippen molar-refractivity contribution in [1.82, 2.24) is 10.2 Å². The van der Waals surface area contributed by atoms with E-state index in [9.17, 15) is 9.59 Å². The Morgan fingerprint density at radius 2 is 2.29 bits per heavy atom. The summed E-state index contributed by atoms with van der Waals surface area (Å²) in [6.07, 6.45) is -0.232. The Labute approximate surface area is 87.4 Å². The highest BCUT2D eigenvalue weighted by atomic mass is 79.9. The Balaban J connectivity index is 2.96. The second-order valence-corrected chi connectivity index (χ2v) is 3.22. The molecule has 1 aromatic rings. The Kier molecular flexibility index (Phi) is 3.23. The molecule has 0 atom stereocenters. The molecule has 0 aliphatic rings. The van der Waals surface area contributed by atoms with Crippen molar-refractivity contribution in [3.05, 3.63) is 15.9 Å². The summed E-state index contributed by atoms with van der Waals surface area (Å²) < 4.78 is 4.76. The molecule has 0 spiro atoms.